The van der Waals surface area contributed by atoms with Crippen LogP contribution in [0.1, 0.15) is 152 Å². The number of amides is 13. The normalized spacial score (nSPS) is 26.8. The average molecular weight is 1190 g/mol. The number of nitrogens with one attached hydrogen (secondary N) is 8. The van der Waals surface area contributed by atoms with Gasteiger partial charge in [0.1, 0.15) is 53.7 Å². The van der Waals surface area contributed by atoms with E-state index in [0.717, 1.165) is 87.8 Å². The molecule has 2 heterocycles. The largest absolute Gasteiger partial charge is 0.393 e. The van der Waals surface area contributed by atoms with E-state index in [2.05, 4.69) is 42.5 Å². The van der Waals surface area contributed by atoms with Crippen LogP contribution in [0.25, 0.3) is 0 Å². The fourth-order valence-electron chi connectivity index (χ4n) is 9.58. The minimum Gasteiger partial charge on any atom is -0.393 e. The fraction of sp³-hybridized carbons (Fsp3) is 0.691. The maximum atomic E-state index is 14.6. The molecule has 2 aliphatic rings. The molecule has 29 nitrogen and oxygen atoms in total. The molecule has 0 aromatic rings. The standard InChI is InChI=1S/C55H91N13O16/c1-10-32(70)22-19-17-15-13-14-16-18-21-29(6)43-45(74)53(82)64-42(28(4)5)52(81)61-34(12-3)48(77)63-36(26-40(57)72)50(79)60-33(11-2)47(76)62-35(25-39(56)71)49(78)59-30(7)46(75)66-44(31(8)69)55(84)67(9)38(27-41(58)73)54(83)68-24-20-23-37(68)51(80)65-43/h11-12,28-32,35-38,42-45,69-70,74H,10,13-27H2,1-9H3,(H2,56,71)(H2,57,72)(H2,58,73)(H,59,78)(H,60,79)(H,61,81)(H,62,76)(H,63,77)(H,64,82)(H,65,80)(H,66,75)/t29-,30+,31+,32?,35-,36-,37-,38-,42-,43+,44-,45+/m0/s1. The number of aliphatic hydroxyl groups is 3. The Bertz CT molecular complexity index is 2430. The van der Waals surface area contributed by atoms with Crippen LogP contribution in [0.2, 0.25) is 0 Å². The first-order valence-electron chi connectivity index (χ1n) is 28.6. The number of primary amides is 3. The number of fused-ring (bicyclic) bond motifs is 1. The molecule has 0 spiro atoms. The van der Waals surface area contributed by atoms with Gasteiger partial charge in [-0.05, 0) is 71.6 Å². The van der Waals surface area contributed by atoms with E-state index < -0.39 is 180 Å². The van der Waals surface area contributed by atoms with Crippen LogP contribution in [0.15, 0.2) is 23.5 Å². The molecule has 0 bridgehead atoms. The number of nitrogens with zero attached hydrogens (tertiary/aromatic N) is 2. The van der Waals surface area contributed by atoms with Gasteiger partial charge < -0.3 is 84.9 Å². The second kappa shape index (κ2) is 35.6. The Kier molecular flexibility index (Phi) is 30.7. The zero-order valence-corrected chi connectivity index (χ0v) is 49.7. The first-order valence-corrected chi connectivity index (χ1v) is 28.6. The zero-order valence-electron chi connectivity index (χ0n) is 49.7. The highest BCUT2D eigenvalue weighted by atomic mass is 16.3. The molecule has 13 amide bonds. The van der Waals surface area contributed by atoms with Gasteiger partial charge in [-0.15, -0.1) is 0 Å². The number of hydrogen-bond donors (Lipinski definition) is 14. The van der Waals surface area contributed by atoms with Crippen LogP contribution in [-0.2, 0) is 62.3 Å². The van der Waals surface area contributed by atoms with Crippen LogP contribution in [0, 0.1) is 11.8 Å². The van der Waals surface area contributed by atoms with Gasteiger partial charge in [0.05, 0.1) is 37.5 Å². The van der Waals surface area contributed by atoms with Gasteiger partial charge in [-0.2, -0.15) is 0 Å². The fourth-order valence-corrected chi connectivity index (χ4v) is 9.58. The third kappa shape index (κ3) is 22.9. The Hall–Kier alpha value is -7.53. The Morgan fingerprint density at radius 3 is 1.58 bits per heavy atom. The first-order chi connectivity index (χ1) is 39.4. The smallest absolute Gasteiger partial charge is 0.268 e. The third-order valence-corrected chi connectivity index (χ3v) is 14.7. The lowest BCUT2D eigenvalue weighted by molar-refractivity contribution is -0.151. The van der Waals surface area contributed by atoms with Gasteiger partial charge in [0, 0.05) is 13.6 Å². The summed E-state index contributed by atoms with van der Waals surface area (Å²) >= 11 is 0. The molecule has 0 saturated carbocycles. The summed E-state index contributed by atoms with van der Waals surface area (Å²) in [5, 5.41) is 51.6. The van der Waals surface area contributed by atoms with Crippen LogP contribution in [0.5, 0.6) is 0 Å². The van der Waals surface area contributed by atoms with Crippen LogP contribution in [-0.4, -0.2) is 182 Å². The molecule has 472 valence electrons. The number of unbranched alkanes of at least 4 members (excludes halogenated alkanes) is 6. The lowest BCUT2D eigenvalue weighted by atomic mass is 9.90. The number of aliphatic hydroxyl groups excluding tert-OH is 3. The molecule has 0 aliphatic carbocycles. The predicted molar refractivity (Wildman–Crippen MR) is 303 cm³/mol. The van der Waals surface area contributed by atoms with Crippen LogP contribution < -0.4 is 59.7 Å². The predicted octanol–water partition coefficient (Wildman–Crippen LogP) is -3.27. The number of carbonyl (C=O) groups is 13. The van der Waals surface area contributed by atoms with Crippen molar-refractivity contribution in [3.63, 3.8) is 0 Å². The molecule has 2 fully saturated rings. The van der Waals surface area contributed by atoms with E-state index in [4.69, 9.17) is 17.2 Å². The number of nitrogens with two attached hydrogens (primary N) is 3. The highest BCUT2D eigenvalue weighted by Gasteiger charge is 2.44. The molecular formula is C55H91N13O16. The van der Waals surface area contributed by atoms with E-state index in [0.29, 0.717) is 19.3 Å². The van der Waals surface area contributed by atoms with Crippen LogP contribution in [0.4, 0.5) is 0 Å². The number of hydrogen-bond acceptors (Lipinski definition) is 16. The van der Waals surface area contributed by atoms with Gasteiger partial charge in [0.2, 0.25) is 59.1 Å². The molecule has 2 rings (SSSR count). The van der Waals surface area contributed by atoms with E-state index in [-0.39, 0.29) is 25.5 Å². The second-order valence-corrected chi connectivity index (χ2v) is 21.9. The van der Waals surface area contributed by atoms with E-state index >= 15 is 0 Å². The maximum Gasteiger partial charge on any atom is 0.268 e. The summed E-state index contributed by atoms with van der Waals surface area (Å²) in [5.41, 5.74) is 15.3. The summed E-state index contributed by atoms with van der Waals surface area (Å²) in [6, 6.07) is -13.0. The van der Waals surface area contributed by atoms with Crippen molar-refractivity contribution < 1.29 is 77.6 Å². The highest BCUT2D eigenvalue weighted by molar-refractivity contribution is 6.05. The zero-order chi connectivity index (χ0) is 63.7. The molecule has 0 radical (unpaired) electrons. The van der Waals surface area contributed by atoms with Gasteiger partial charge in [0.15, 0.2) is 6.10 Å². The first kappa shape index (κ1) is 72.6. The molecule has 2 saturated heterocycles. The van der Waals surface area contributed by atoms with Crippen molar-refractivity contribution in [3.05, 3.63) is 23.5 Å². The molecule has 84 heavy (non-hydrogen) atoms. The van der Waals surface area contributed by atoms with Crippen LogP contribution >= 0.6 is 0 Å². The van der Waals surface area contributed by atoms with Gasteiger partial charge in [-0.25, -0.2) is 0 Å². The minimum atomic E-state index is -2.04. The van der Waals surface area contributed by atoms with Crippen molar-refractivity contribution in [2.75, 3.05) is 13.6 Å². The van der Waals surface area contributed by atoms with Crippen LogP contribution in [0.3, 0.4) is 0 Å². The summed E-state index contributed by atoms with van der Waals surface area (Å²) in [6.45, 7) is 11.5. The molecule has 1 unspecified atom stereocenters. The SMILES string of the molecule is CC=C1NC(=O)[C@H](CC(N)=O)NC(=O)C(=CC)NC(=O)[C@H](C(C)C)NC(=O)[C@H](O)[C@@H]([C@@H](C)CCCCCCCCCC(O)CC)NC(=O)[C@@H]2CCCN2C(=O)[C@H](CC(N)=O)N(C)C(=O)[C@H]([C@@H](C)O)NC(=O)[C@@H](C)NC(=O)[C@H](CC(N)=O)NC1=O. The van der Waals surface area contributed by atoms with Crippen molar-refractivity contribution >= 4 is 76.8 Å². The summed E-state index contributed by atoms with van der Waals surface area (Å²) in [7, 11) is 1.09. The number of allylic oxidation sites excluding steroid dienone is 2. The second-order valence-electron chi connectivity index (χ2n) is 21.9. The molecule has 29 heteroatoms. The van der Waals surface area contributed by atoms with Crippen molar-refractivity contribution in [2.45, 2.75) is 218 Å². The quantitative estimate of drug-likeness (QED) is 0.0420. The number of carbonyl (C=O) groups excluding carboxylic acids is 13. The Labute approximate surface area is 489 Å². The molecular weight excluding hydrogens is 1100 g/mol. The summed E-state index contributed by atoms with van der Waals surface area (Å²) in [4.78, 5) is 179. The van der Waals surface area contributed by atoms with Gasteiger partial charge in [0.25, 0.3) is 17.7 Å². The lowest BCUT2D eigenvalue weighted by Gasteiger charge is -2.36. The topological polar surface area (TPSA) is 463 Å². The summed E-state index contributed by atoms with van der Waals surface area (Å²) in [6.07, 6.45) is 3.61. The van der Waals surface area contributed by atoms with Crippen molar-refractivity contribution in [2.24, 2.45) is 29.0 Å². The van der Waals surface area contributed by atoms with Gasteiger partial charge >= 0.3 is 0 Å². The third-order valence-electron chi connectivity index (χ3n) is 14.7. The monoisotopic (exact) mass is 1190 g/mol. The van der Waals surface area contributed by atoms with Crippen molar-refractivity contribution in [1.82, 2.24) is 52.3 Å². The van der Waals surface area contributed by atoms with Gasteiger partial charge in [-0.3, -0.25) is 62.3 Å². The molecule has 12 atom stereocenters. The van der Waals surface area contributed by atoms with E-state index in [1.165, 1.54) is 13.8 Å². The van der Waals surface area contributed by atoms with E-state index in [1.54, 1.807) is 20.8 Å². The number of rotatable bonds is 20. The highest BCUT2D eigenvalue weighted by Crippen LogP contribution is 2.24. The molecule has 0 aromatic heterocycles. The maximum absolute atomic E-state index is 14.6. The summed E-state index contributed by atoms with van der Waals surface area (Å²) in [5.74, 6) is -15.5. The number of likely N-dealkylation sites (N-methyl/N-ethyl adjacent to an activating group) is 1. The Morgan fingerprint density at radius 2 is 1.10 bits per heavy atom. The Balaban J connectivity index is 2.76. The molecule has 0 aromatic carbocycles. The summed E-state index contributed by atoms with van der Waals surface area (Å²) < 4.78 is 0. The Morgan fingerprint density at radius 1 is 0.607 bits per heavy atom. The van der Waals surface area contributed by atoms with E-state index in [1.807, 2.05) is 6.92 Å². The lowest BCUT2D eigenvalue weighted by Crippen LogP contribution is -2.62. The molecule has 17 N–H and O–H groups in total. The van der Waals surface area contributed by atoms with Gasteiger partial charge in [-0.1, -0.05) is 84.8 Å². The van der Waals surface area contributed by atoms with E-state index in [9.17, 15) is 77.6 Å². The minimum absolute atomic E-state index is 0.0418. The average Bonchev–Trinajstić information content (AvgIpc) is 4.06. The van der Waals surface area contributed by atoms with Crippen molar-refractivity contribution in [3.8, 4) is 0 Å². The van der Waals surface area contributed by atoms with Crippen molar-refractivity contribution in [1.29, 1.82) is 0 Å². The molecule has 2 aliphatic heterocycles.